The van der Waals surface area contributed by atoms with Crippen molar-refractivity contribution in [1.29, 1.82) is 0 Å². The lowest BCUT2D eigenvalue weighted by Gasteiger charge is -2.26. The van der Waals surface area contributed by atoms with E-state index in [1.807, 2.05) is 19.2 Å². The van der Waals surface area contributed by atoms with Crippen LogP contribution in [0.4, 0.5) is 11.5 Å². The standard InChI is InChI=1S/C12H19N3O2/c1-13-11-7-10(3-5-14-11)15-8-12(16-2)4-6-17-9-12/h3,5,7H,4,6,8-9H2,1-2H3,(H2,13,14,15). The van der Waals surface area contributed by atoms with Gasteiger partial charge in [0.05, 0.1) is 6.61 Å². The van der Waals surface area contributed by atoms with Gasteiger partial charge in [-0.2, -0.15) is 0 Å². The van der Waals surface area contributed by atoms with E-state index in [4.69, 9.17) is 9.47 Å². The lowest BCUT2D eigenvalue weighted by molar-refractivity contribution is -0.00619. The Bertz CT molecular complexity index is 365. The third kappa shape index (κ3) is 2.87. The molecule has 0 saturated carbocycles. The molecule has 1 aromatic heterocycles. The van der Waals surface area contributed by atoms with Crippen molar-refractivity contribution in [1.82, 2.24) is 4.98 Å². The van der Waals surface area contributed by atoms with E-state index >= 15 is 0 Å². The number of nitrogens with zero attached hydrogens (tertiary/aromatic N) is 1. The van der Waals surface area contributed by atoms with Crippen molar-refractivity contribution in [2.75, 3.05) is 44.5 Å². The minimum absolute atomic E-state index is 0.191. The molecule has 0 spiro atoms. The van der Waals surface area contributed by atoms with E-state index in [1.165, 1.54) is 0 Å². The highest BCUT2D eigenvalue weighted by molar-refractivity contribution is 5.51. The van der Waals surface area contributed by atoms with Gasteiger partial charge >= 0.3 is 0 Å². The Morgan fingerprint density at radius 1 is 1.59 bits per heavy atom. The summed E-state index contributed by atoms with van der Waals surface area (Å²) in [5.74, 6) is 0.851. The fraction of sp³-hybridized carbons (Fsp3) is 0.583. The van der Waals surface area contributed by atoms with E-state index < -0.39 is 0 Å². The molecule has 1 unspecified atom stereocenters. The number of aromatic nitrogens is 1. The van der Waals surface area contributed by atoms with E-state index in [0.717, 1.165) is 31.1 Å². The lowest BCUT2D eigenvalue weighted by Crippen LogP contribution is -2.39. The average Bonchev–Trinajstić information content (AvgIpc) is 2.86. The first kappa shape index (κ1) is 12.1. The van der Waals surface area contributed by atoms with Gasteiger partial charge in [-0.1, -0.05) is 0 Å². The van der Waals surface area contributed by atoms with Crippen LogP contribution in [0.15, 0.2) is 18.3 Å². The maximum atomic E-state index is 5.56. The summed E-state index contributed by atoms with van der Waals surface area (Å²) in [5.41, 5.74) is 0.843. The quantitative estimate of drug-likeness (QED) is 0.809. The number of anilines is 2. The summed E-state index contributed by atoms with van der Waals surface area (Å²) < 4.78 is 11.0. The molecule has 2 rings (SSSR count). The first-order chi connectivity index (χ1) is 8.28. The molecular weight excluding hydrogens is 218 g/mol. The van der Waals surface area contributed by atoms with Crippen LogP contribution in [0.2, 0.25) is 0 Å². The van der Waals surface area contributed by atoms with Gasteiger partial charge in [-0.3, -0.25) is 0 Å². The Morgan fingerprint density at radius 2 is 2.47 bits per heavy atom. The van der Waals surface area contributed by atoms with E-state index in [-0.39, 0.29) is 5.60 Å². The molecule has 0 radical (unpaired) electrons. The smallest absolute Gasteiger partial charge is 0.127 e. The predicted molar refractivity (Wildman–Crippen MR) is 67.4 cm³/mol. The Hall–Kier alpha value is -1.33. The molecule has 1 aliphatic heterocycles. The molecule has 2 heterocycles. The molecule has 1 aromatic rings. The minimum atomic E-state index is -0.191. The number of nitrogens with one attached hydrogen (secondary N) is 2. The molecule has 1 saturated heterocycles. The second-order valence-corrected chi connectivity index (χ2v) is 4.22. The van der Waals surface area contributed by atoms with Gasteiger partial charge in [0.2, 0.25) is 0 Å². The Labute approximate surface area is 102 Å². The molecule has 0 amide bonds. The van der Waals surface area contributed by atoms with Crippen molar-refractivity contribution >= 4 is 11.5 Å². The van der Waals surface area contributed by atoms with E-state index in [9.17, 15) is 0 Å². The van der Waals surface area contributed by atoms with Crippen LogP contribution < -0.4 is 10.6 Å². The summed E-state index contributed by atoms with van der Waals surface area (Å²) in [6, 6.07) is 3.92. The van der Waals surface area contributed by atoms with E-state index in [1.54, 1.807) is 13.3 Å². The maximum Gasteiger partial charge on any atom is 0.127 e. The van der Waals surface area contributed by atoms with Crippen LogP contribution in [0.1, 0.15) is 6.42 Å². The van der Waals surface area contributed by atoms with Crippen LogP contribution in [0, 0.1) is 0 Å². The van der Waals surface area contributed by atoms with Gasteiger partial charge in [-0.25, -0.2) is 4.98 Å². The summed E-state index contributed by atoms with van der Waals surface area (Å²) >= 11 is 0. The molecule has 0 bridgehead atoms. The fourth-order valence-corrected chi connectivity index (χ4v) is 1.90. The number of pyridine rings is 1. The summed E-state index contributed by atoms with van der Waals surface area (Å²) in [6.45, 7) is 2.17. The zero-order valence-corrected chi connectivity index (χ0v) is 10.3. The maximum absolute atomic E-state index is 5.56. The SMILES string of the molecule is CNc1cc(NCC2(OC)CCOC2)ccn1. The molecule has 17 heavy (non-hydrogen) atoms. The summed E-state index contributed by atoms with van der Waals surface area (Å²) in [5, 5.41) is 6.38. The topological polar surface area (TPSA) is 55.4 Å². The molecule has 1 aliphatic rings. The molecule has 0 aliphatic carbocycles. The van der Waals surface area contributed by atoms with Gasteiger partial charge < -0.3 is 20.1 Å². The zero-order chi connectivity index (χ0) is 12.1. The molecule has 5 heteroatoms. The van der Waals surface area contributed by atoms with Gasteiger partial charge in [-0.15, -0.1) is 0 Å². The van der Waals surface area contributed by atoms with Crippen LogP contribution in [-0.2, 0) is 9.47 Å². The van der Waals surface area contributed by atoms with Crippen LogP contribution >= 0.6 is 0 Å². The van der Waals surface area contributed by atoms with E-state index in [2.05, 4.69) is 15.6 Å². The van der Waals surface area contributed by atoms with Gasteiger partial charge in [0.1, 0.15) is 11.4 Å². The van der Waals surface area contributed by atoms with Crippen molar-refractivity contribution in [2.24, 2.45) is 0 Å². The summed E-state index contributed by atoms with van der Waals surface area (Å²) in [6.07, 6.45) is 2.71. The van der Waals surface area contributed by atoms with Crippen molar-refractivity contribution < 1.29 is 9.47 Å². The molecule has 2 N–H and O–H groups in total. The summed E-state index contributed by atoms with van der Waals surface area (Å²) in [7, 11) is 3.59. The van der Waals surface area contributed by atoms with Gasteiger partial charge in [0.15, 0.2) is 0 Å². The third-order valence-electron chi connectivity index (χ3n) is 3.13. The Morgan fingerprint density at radius 3 is 3.12 bits per heavy atom. The molecule has 0 aromatic carbocycles. The van der Waals surface area contributed by atoms with Gasteiger partial charge in [-0.05, 0) is 6.07 Å². The largest absolute Gasteiger partial charge is 0.382 e. The van der Waals surface area contributed by atoms with Crippen molar-refractivity contribution in [3.8, 4) is 0 Å². The van der Waals surface area contributed by atoms with Crippen LogP contribution in [0.5, 0.6) is 0 Å². The van der Waals surface area contributed by atoms with Crippen molar-refractivity contribution in [3.63, 3.8) is 0 Å². The average molecular weight is 237 g/mol. The number of hydrogen-bond donors (Lipinski definition) is 2. The molecular formula is C12H19N3O2. The first-order valence-electron chi connectivity index (χ1n) is 5.79. The Kier molecular flexibility index (Phi) is 3.81. The van der Waals surface area contributed by atoms with E-state index in [0.29, 0.717) is 6.61 Å². The highest BCUT2D eigenvalue weighted by Gasteiger charge is 2.34. The van der Waals surface area contributed by atoms with Crippen molar-refractivity contribution in [3.05, 3.63) is 18.3 Å². The normalized spacial score (nSPS) is 23.6. The number of rotatable bonds is 5. The zero-order valence-electron chi connectivity index (χ0n) is 10.3. The number of methoxy groups -OCH3 is 1. The van der Waals surface area contributed by atoms with Gasteiger partial charge in [0, 0.05) is 51.7 Å². The molecule has 1 fully saturated rings. The highest BCUT2D eigenvalue weighted by Crippen LogP contribution is 2.23. The monoisotopic (exact) mass is 237 g/mol. The summed E-state index contributed by atoms with van der Waals surface area (Å²) in [4.78, 5) is 4.17. The molecule has 1 atom stereocenters. The van der Waals surface area contributed by atoms with Crippen molar-refractivity contribution in [2.45, 2.75) is 12.0 Å². The lowest BCUT2D eigenvalue weighted by atomic mass is 10.0. The second kappa shape index (κ2) is 5.33. The molecule has 5 nitrogen and oxygen atoms in total. The fourth-order valence-electron chi connectivity index (χ4n) is 1.90. The molecule has 94 valence electrons. The first-order valence-corrected chi connectivity index (χ1v) is 5.79. The highest BCUT2D eigenvalue weighted by atomic mass is 16.5. The Balaban J connectivity index is 1.96. The predicted octanol–water partition coefficient (Wildman–Crippen LogP) is 1.34. The van der Waals surface area contributed by atoms with Crippen LogP contribution in [0.3, 0.4) is 0 Å². The number of ether oxygens (including phenoxy) is 2. The third-order valence-corrected chi connectivity index (χ3v) is 3.13. The second-order valence-electron chi connectivity index (χ2n) is 4.22. The van der Waals surface area contributed by atoms with Crippen LogP contribution in [-0.4, -0.2) is 44.5 Å². The number of hydrogen-bond acceptors (Lipinski definition) is 5. The van der Waals surface area contributed by atoms with Crippen LogP contribution in [0.25, 0.3) is 0 Å². The minimum Gasteiger partial charge on any atom is -0.382 e. The van der Waals surface area contributed by atoms with Gasteiger partial charge in [0.25, 0.3) is 0 Å².